The van der Waals surface area contributed by atoms with E-state index in [-0.39, 0.29) is 6.04 Å². The predicted molar refractivity (Wildman–Crippen MR) is 79.9 cm³/mol. The zero-order valence-electron chi connectivity index (χ0n) is 10.8. The molecule has 0 aromatic heterocycles. The molecular formula is C16H16ClNO. The van der Waals surface area contributed by atoms with Crippen molar-refractivity contribution in [2.24, 2.45) is 0 Å². The number of benzene rings is 2. The molecule has 0 amide bonds. The lowest BCUT2D eigenvalue weighted by atomic mass is 10.1. The maximum atomic E-state index is 12.0. The van der Waals surface area contributed by atoms with E-state index in [1.807, 2.05) is 61.5 Å². The number of hydroxylamine groups is 1. The Balaban J connectivity index is 2.05. The topological polar surface area (TPSA) is 26.1 Å². The fourth-order valence-electron chi connectivity index (χ4n) is 1.86. The molecule has 2 aromatic rings. The quantitative estimate of drug-likeness (QED) is 0.359. The molecule has 0 aliphatic carbocycles. The molecule has 0 fully saturated rings. The smallest absolute Gasteiger partial charge is 0.182 e. The van der Waals surface area contributed by atoms with Gasteiger partial charge in [-0.25, -0.2) is 4.74 Å². The molecule has 1 unspecified atom stereocenters. The van der Waals surface area contributed by atoms with Crippen LogP contribution >= 0.6 is 11.6 Å². The van der Waals surface area contributed by atoms with E-state index in [0.717, 1.165) is 15.9 Å². The van der Waals surface area contributed by atoms with E-state index >= 15 is 0 Å². The predicted octanol–water partition coefficient (Wildman–Crippen LogP) is 3.90. The highest BCUT2D eigenvalue weighted by Gasteiger charge is 2.10. The molecule has 0 heterocycles. The summed E-state index contributed by atoms with van der Waals surface area (Å²) in [6, 6.07) is 17.1. The van der Waals surface area contributed by atoms with Crippen LogP contribution in [-0.4, -0.2) is 17.0 Å². The van der Waals surface area contributed by atoms with Gasteiger partial charge in [0.1, 0.15) is 0 Å². The molecule has 2 nitrogen and oxygen atoms in total. The van der Waals surface area contributed by atoms with Crippen LogP contribution in [0.5, 0.6) is 0 Å². The van der Waals surface area contributed by atoms with E-state index < -0.39 is 0 Å². The Bertz CT molecular complexity index is 549. The van der Waals surface area contributed by atoms with Gasteiger partial charge in [-0.05, 0) is 36.8 Å². The number of rotatable bonds is 4. The second kappa shape index (κ2) is 6.39. The zero-order chi connectivity index (χ0) is 13.7. The minimum absolute atomic E-state index is 0.110. The van der Waals surface area contributed by atoms with Gasteiger partial charge in [-0.15, -0.1) is 0 Å². The Morgan fingerprint density at radius 1 is 1.11 bits per heavy atom. The number of halogens is 1. The van der Waals surface area contributed by atoms with Gasteiger partial charge in [-0.3, -0.25) is 0 Å². The third-order valence-electron chi connectivity index (χ3n) is 2.95. The molecule has 0 saturated heterocycles. The molecule has 2 aromatic carbocycles. The molecule has 0 aliphatic heterocycles. The van der Waals surface area contributed by atoms with Crippen molar-refractivity contribution in [1.29, 1.82) is 0 Å². The zero-order valence-corrected chi connectivity index (χ0v) is 11.5. The molecule has 0 bridgehead atoms. The van der Waals surface area contributed by atoms with Crippen molar-refractivity contribution in [1.82, 2.24) is 0 Å². The first-order valence-electron chi connectivity index (χ1n) is 6.25. The summed E-state index contributed by atoms with van der Waals surface area (Å²) in [5.74, 6) is 0. The Hall–Kier alpha value is -1.80. The van der Waals surface area contributed by atoms with Gasteiger partial charge >= 0.3 is 0 Å². The summed E-state index contributed by atoms with van der Waals surface area (Å²) in [5.41, 5.74) is 2.03. The van der Waals surface area contributed by atoms with E-state index in [0.29, 0.717) is 11.4 Å². The molecule has 1 atom stereocenters. The van der Waals surface area contributed by atoms with E-state index in [2.05, 4.69) is 0 Å². The lowest BCUT2D eigenvalue weighted by Gasteiger charge is -2.12. The largest absolute Gasteiger partial charge is 0.624 e. The van der Waals surface area contributed by atoms with Crippen molar-refractivity contribution in [2.45, 2.75) is 19.4 Å². The first kappa shape index (κ1) is 13.6. The van der Waals surface area contributed by atoms with Gasteiger partial charge in [-0.2, -0.15) is 0 Å². The van der Waals surface area contributed by atoms with Gasteiger partial charge in [0, 0.05) is 17.0 Å². The normalized spacial score (nSPS) is 13.3. The minimum atomic E-state index is -0.110. The SMILES string of the molecule is CC(Cc1ccc(Cl)cc1)/[N+]([O-])=C/c1ccccc1. The standard InChI is InChI=1S/C16H16ClNO/c1-13(11-14-7-9-16(17)10-8-14)18(19)12-15-5-3-2-4-6-15/h2-10,12-13H,11H2,1H3/b18-12-. The molecule has 0 radical (unpaired) electrons. The summed E-state index contributed by atoms with van der Waals surface area (Å²) in [7, 11) is 0. The summed E-state index contributed by atoms with van der Waals surface area (Å²) >= 11 is 5.84. The fraction of sp³-hybridized carbons (Fsp3) is 0.188. The molecule has 0 aliphatic rings. The molecule has 2 rings (SSSR count). The van der Waals surface area contributed by atoms with Crippen molar-refractivity contribution in [3.05, 3.63) is 76.0 Å². The highest BCUT2D eigenvalue weighted by molar-refractivity contribution is 6.30. The van der Waals surface area contributed by atoms with Crippen LogP contribution in [0, 0.1) is 5.21 Å². The average Bonchev–Trinajstić information content (AvgIpc) is 2.42. The fourth-order valence-corrected chi connectivity index (χ4v) is 1.99. The van der Waals surface area contributed by atoms with Gasteiger partial charge in [0.2, 0.25) is 0 Å². The van der Waals surface area contributed by atoms with Gasteiger partial charge in [0.25, 0.3) is 0 Å². The van der Waals surface area contributed by atoms with Crippen LogP contribution in [0.15, 0.2) is 54.6 Å². The minimum Gasteiger partial charge on any atom is -0.624 e. The summed E-state index contributed by atoms with van der Waals surface area (Å²) in [5, 5.41) is 12.7. The Morgan fingerprint density at radius 3 is 2.37 bits per heavy atom. The van der Waals surface area contributed by atoms with Crippen molar-refractivity contribution in [2.75, 3.05) is 0 Å². The molecule has 19 heavy (non-hydrogen) atoms. The van der Waals surface area contributed by atoms with Crippen LogP contribution in [0.25, 0.3) is 0 Å². The molecule has 3 heteroatoms. The average molecular weight is 274 g/mol. The van der Waals surface area contributed by atoms with Crippen LogP contribution in [0.3, 0.4) is 0 Å². The van der Waals surface area contributed by atoms with Crippen molar-refractivity contribution in [3.63, 3.8) is 0 Å². The van der Waals surface area contributed by atoms with Crippen LogP contribution in [-0.2, 0) is 6.42 Å². The van der Waals surface area contributed by atoms with Crippen LogP contribution in [0.4, 0.5) is 0 Å². The number of hydrogen-bond donors (Lipinski definition) is 0. The summed E-state index contributed by atoms with van der Waals surface area (Å²) in [6.45, 7) is 1.92. The van der Waals surface area contributed by atoms with Crippen molar-refractivity contribution >= 4 is 17.8 Å². The first-order valence-corrected chi connectivity index (χ1v) is 6.63. The highest BCUT2D eigenvalue weighted by atomic mass is 35.5. The Labute approximate surface area is 118 Å². The van der Waals surface area contributed by atoms with Gasteiger partial charge in [0.05, 0.1) is 0 Å². The maximum Gasteiger partial charge on any atom is 0.182 e. The monoisotopic (exact) mass is 273 g/mol. The number of nitrogens with zero attached hydrogens (tertiary/aromatic N) is 1. The van der Waals surface area contributed by atoms with E-state index in [1.165, 1.54) is 0 Å². The van der Waals surface area contributed by atoms with Crippen molar-refractivity contribution < 1.29 is 4.74 Å². The third-order valence-corrected chi connectivity index (χ3v) is 3.21. The Kier molecular flexibility index (Phi) is 4.58. The third kappa shape index (κ3) is 4.11. The summed E-state index contributed by atoms with van der Waals surface area (Å²) in [4.78, 5) is 0. The van der Waals surface area contributed by atoms with Gasteiger partial charge in [-0.1, -0.05) is 41.9 Å². The van der Waals surface area contributed by atoms with Crippen LogP contribution in [0.1, 0.15) is 18.1 Å². The second-order valence-corrected chi connectivity index (χ2v) is 5.02. The molecular weight excluding hydrogens is 258 g/mol. The van der Waals surface area contributed by atoms with Gasteiger partial charge in [0.15, 0.2) is 12.3 Å². The van der Waals surface area contributed by atoms with E-state index in [1.54, 1.807) is 6.21 Å². The maximum absolute atomic E-state index is 12.0. The number of hydrogen-bond acceptors (Lipinski definition) is 1. The summed E-state index contributed by atoms with van der Waals surface area (Å²) in [6.07, 6.45) is 2.32. The van der Waals surface area contributed by atoms with Crippen LogP contribution < -0.4 is 0 Å². The molecule has 0 saturated carbocycles. The molecule has 0 N–H and O–H groups in total. The Morgan fingerprint density at radius 2 is 1.74 bits per heavy atom. The highest BCUT2D eigenvalue weighted by Crippen LogP contribution is 2.12. The van der Waals surface area contributed by atoms with E-state index in [4.69, 9.17) is 11.6 Å². The van der Waals surface area contributed by atoms with E-state index in [9.17, 15) is 5.21 Å². The lowest BCUT2D eigenvalue weighted by Crippen LogP contribution is -2.21. The lowest BCUT2D eigenvalue weighted by molar-refractivity contribution is -0.491. The van der Waals surface area contributed by atoms with Crippen molar-refractivity contribution in [3.8, 4) is 0 Å². The summed E-state index contributed by atoms with van der Waals surface area (Å²) < 4.78 is 1.00. The first-order chi connectivity index (χ1) is 9.15. The molecule has 98 valence electrons. The second-order valence-electron chi connectivity index (χ2n) is 4.58. The van der Waals surface area contributed by atoms with Crippen LogP contribution in [0.2, 0.25) is 5.02 Å². The molecule has 0 spiro atoms. The van der Waals surface area contributed by atoms with Gasteiger partial charge < -0.3 is 5.21 Å².